The summed E-state index contributed by atoms with van der Waals surface area (Å²) in [5.74, 6) is 0.0154. The lowest BCUT2D eigenvalue weighted by molar-refractivity contribution is 0.0139. The van der Waals surface area contributed by atoms with Crippen molar-refractivity contribution in [3.8, 4) is 0 Å². The minimum Gasteiger partial charge on any atom is -0.381 e. The minimum absolute atomic E-state index is 0.0154. The van der Waals surface area contributed by atoms with Gasteiger partial charge in [0, 0.05) is 36.8 Å². The fourth-order valence-electron chi connectivity index (χ4n) is 2.48. The fourth-order valence-corrected chi connectivity index (χ4v) is 2.60. The van der Waals surface area contributed by atoms with Gasteiger partial charge < -0.3 is 15.4 Å². The zero-order valence-corrected chi connectivity index (χ0v) is 11.8. The summed E-state index contributed by atoms with van der Waals surface area (Å²) in [6.07, 6.45) is 1.85. The summed E-state index contributed by atoms with van der Waals surface area (Å²) in [6.45, 7) is 1.14. The molecule has 2 rings (SSSR count). The molecule has 1 aliphatic rings. The van der Waals surface area contributed by atoms with Crippen LogP contribution in [0.15, 0.2) is 24.3 Å². The maximum atomic E-state index is 12.5. The van der Waals surface area contributed by atoms with Gasteiger partial charge in [0.1, 0.15) is 0 Å². The third kappa shape index (κ3) is 3.26. The highest BCUT2D eigenvalue weighted by molar-refractivity contribution is 6.30. The molecule has 104 valence electrons. The third-order valence-corrected chi connectivity index (χ3v) is 3.88. The van der Waals surface area contributed by atoms with E-state index in [-0.39, 0.29) is 18.1 Å². The Morgan fingerprint density at radius 2 is 2.16 bits per heavy atom. The van der Waals surface area contributed by atoms with Crippen LogP contribution < -0.4 is 5.73 Å². The average molecular weight is 283 g/mol. The Hall–Kier alpha value is -1.10. The molecule has 2 unspecified atom stereocenters. The van der Waals surface area contributed by atoms with Crippen molar-refractivity contribution in [3.63, 3.8) is 0 Å². The van der Waals surface area contributed by atoms with Crippen LogP contribution in [0.25, 0.3) is 0 Å². The van der Waals surface area contributed by atoms with Crippen LogP contribution in [0.5, 0.6) is 0 Å². The number of amides is 1. The lowest BCUT2D eigenvalue weighted by Crippen LogP contribution is -2.51. The van der Waals surface area contributed by atoms with Crippen LogP contribution in [0, 0.1) is 0 Å². The Balaban J connectivity index is 2.11. The summed E-state index contributed by atoms with van der Waals surface area (Å²) in [6, 6.07) is 7.01. The number of carbonyl (C=O) groups excluding carboxylic acids is 1. The molecular formula is C14H19ClN2O2. The van der Waals surface area contributed by atoms with E-state index in [0.29, 0.717) is 23.7 Å². The van der Waals surface area contributed by atoms with E-state index in [1.807, 2.05) is 4.90 Å². The van der Waals surface area contributed by atoms with Crippen molar-refractivity contribution in [3.05, 3.63) is 34.9 Å². The first-order valence-corrected chi connectivity index (χ1v) is 6.83. The monoisotopic (exact) mass is 282 g/mol. The zero-order chi connectivity index (χ0) is 13.8. The molecule has 1 aromatic rings. The molecule has 4 nitrogen and oxygen atoms in total. The van der Waals surface area contributed by atoms with Gasteiger partial charge in [-0.05, 0) is 37.1 Å². The number of piperidine rings is 1. The lowest BCUT2D eigenvalue weighted by atomic mass is 9.98. The number of hydrogen-bond acceptors (Lipinski definition) is 3. The van der Waals surface area contributed by atoms with Crippen molar-refractivity contribution < 1.29 is 9.53 Å². The topological polar surface area (TPSA) is 55.6 Å². The number of carbonyl (C=O) groups is 1. The van der Waals surface area contributed by atoms with Crippen LogP contribution >= 0.6 is 11.6 Å². The highest BCUT2D eigenvalue weighted by Crippen LogP contribution is 2.22. The van der Waals surface area contributed by atoms with Crippen molar-refractivity contribution in [2.24, 2.45) is 5.73 Å². The van der Waals surface area contributed by atoms with Gasteiger partial charge in [0.25, 0.3) is 5.91 Å². The average Bonchev–Trinajstić information content (AvgIpc) is 2.46. The Labute approximate surface area is 118 Å². The van der Waals surface area contributed by atoms with Gasteiger partial charge in [-0.1, -0.05) is 11.6 Å². The van der Waals surface area contributed by atoms with E-state index in [1.54, 1.807) is 31.4 Å². The molecular weight excluding hydrogens is 264 g/mol. The van der Waals surface area contributed by atoms with Crippen molar-refractivity contribution in [2.45, 2.75) is 25.0 Å². The summed E-state index contributed by atoms with van der Waals surface area (Å²) in [5, 5.41) is 0.630. The maximum absolute atomic E-state index is 12.5. The Morgan fingerprint density at radius 3 is 2.74 bits per heavy atom. The smallest absolute Gasteiger partial charge is 0.254 e. The van der Waals surface area contributed by atoms with Gasteiger partial charge in [-0.25, -0.2) is 0 Å². The fraction of sp³-hybridized carbons (Fsp3) is 0.500. The summed E-state index contributed by atoms with van der Waals surface area (Å²) < 4.78 is 5.36. The number of rotatable bonds is 3. The predicted octanol–water partition coefficient (Wildman–Crippen LogP) is 1.92. The molecule has 2 atom stereocenters. The summed E-state index contributed by atoms with van der Waals surface area (Å²) in [7, 11) is 1.70. The van der Waals surface area contributed by atoms with Crippen LogP contribution in [-0.4, -0.2) is 43.2 Å². The molecule has 1 saturated heterocycles. The van der Waals surface area contributed by atoms with Gasteiger partial charge in [0.15, 0.2) is 0 Å². The predicted molar refractivity (Wildman–Crippen MR) is 75.4 cm³/mol. The van der Waals surface area contributed by atoms with Crippen molar-refractivity contribution in [1.82, 2.24) is 4.90 Å². The van der Waals surface area contributed by atoms with E-state index < -0.39 is 0 Å². The zero-order valence-electron chi connectivity index (χ0n) is 11.0. The second-order valence-electron chi connectivity index (χ2n) is 4.78. The normalized spacial score (nSPS) is 23.4. The molecule has 1 amide bonds. The molecule has 1 heterocycles. The molecule has 0 saturated carbocycles. The first-order valence-electron chi connectivity index (χ1n) is 6.45. The maximum Gasteiger partial charge on any atom is 0.254 e. The molecule has 1 aliphatic heterocycles. The molecule has 2 N–H and O–H groups in total. The van der Waals surface area contributed by atoms with Gasteiger partial charge in [0.05, 0.1) is 6.10 Å². The molecule has 0 bridgehead atoms. The van der Waals surface area contributed by atoms with Crippen molar-refractivity contribution >= 4 is 17.5 Å². The molecule has 1 aromatic carbocycles. The van der Waals surface area contributed by atoms with Crippen LogP contribution in [-0.2, 0) is 4.74 Å². The van der Waals surface area contributed by atoms with Crippen LogP contribution in [0.2, 0.25) is 5.02 Å². The molecule has 0 aliphatic carbocycles. The number of nitrogens with two attached hydrogens (primary N) is 1. The Morgan fingerprint density at radius 1 is 1.47 bits per heavy atom. The van der Waals surface area contributed by atoms with E-state index in [9.17, 15) is 4.79 Å². The number of methoxy groups -OCH3 is 1. The van der Waals surface area contributed by atoms with Crippen LogP contribution in [0.3, 0.4) is 0 Å². The van der Waals surface area contributed by atoms with Gasteiger partial charge >= 0.3 is 0 Å². The third-order valence-electron chi connectivity index (χ3n) is 3.63. The van der Waals surface area contributed by atoms with Gasteiger partial charge in [-0.3, -0.25) is 4.79 Å². The van der Waals surface area contributed by atoms with Gasteiger partial charge in [-0.15, -0.1) is 0 Å². The van der Waals surface area contributed by atoms with E-state index >= 15 is 0 Å². The first-order chi connectivity index (χ1) is 9.15. The minimum atomic E-state index is 0.0154. The largest absolute Gasteiger partial charge is 0.381 e. The summed E-state index contributed by atoms with van der Waals surface area (Å²) in [4.78, 5) is 14.3. The van der Waals surface area contributed by atoms with Crippen molar-refractivity contribution in [1.29, 1.82) is 0 Å². The summed E-state index contributed by atoms with van der Waals surface area (Å²) >= 11 is 5.83. The number of hydrogen-bond donors (Lipinski definition) is 1. The number of ether oxygens (including phenoxy) is 1. The second kappa shape index (κ2) is 6.37. The van der Waals surface area contributed by atoms with Crippen molar-refractivity contribution in [2.75, 3.05) is 20.2 Å². The molecule has 0 spiro atoms. The van der Waals surface area contributed by atoms with E-state index in [1.165, 1.54) is 0 Å². The SMILES string of the molecule is COC1CCN(C(=O)c2ccc(Cl)cc2)C(CN)C1. The van der Waals surface area contributed by atoms with E-state index in [4.69, 9.17) is 22.1 Å². The summed E-state index contributed by atoms with van der Waals surface area (Å²) in [5.41, 5.74) is 6.43. The standard InChI is InChI=1S/C14H19ClN2O2/c1-19-13-6-7-17(12(8-13)9-16)14(18)10-2-4-11(15)5-3-10/h2-5,12-13H,6-9,16H2,1H3. The van der Waals surface area contributed by atoms with Crippen LogP contribution in [0.4, 0.5) is 0 Å². The molecule has 19 heavy (non-hydrogen) atoms. The second-order valence-corrected chi connectivity index (χ2v) is 5.21. The number of likely N-dealkylation sites (tertiary alicyclic amines) is 1. The number of benzene rings is 1. The number of halogens is 1. The quantitative estimate of drug-likeness (QED) is 0.921. The highest BCUT2D eigenvalue weighted by atomic mass is 35.5. The Bertz CT molecular complexity index is 436. The van der Waals surface area contributed by atoms with Crippen LogP contribution in [0.1, 0.15) is 23.2 Å². The molecule has 0 aromatic heterocycles. The van der Waals surface area contributed by atoms with E-state index in [2.05, 4.69) is 0 Å². The van der Waals surface area contributed by atoms with E-state index in [0.717, 1.165) is 12.8 Å². The van der Waals surface area contributed by atoms with Gasteiger partial charge in [0.2, 0.25) is 0 Å². The van der Waals surface area contributed by atoms with Gasteiger partial charge in [-0.2, -0.15) is 0 Å². The molecule has 1 fully saturated rings. The highest BCUT2D eigenvalue weighted by Gasteiger charge is 2.31. The lowest BCUT2D eigenvalue weighted by Gasteiger charge is -2.38. The molecule has 5 heteroatoms. The first kappa shape index (κ1) is 14.3. The molecule has 0 radical (unpaired) electrons. The number of nitrogens with zero attached hydrogens (tertiary/aromatic N) is 1. The Kier molecular flexibility index (Phi) is 4.80.